The van der Waals surface area contributed by atoms with Crippen molar-refractivity contribution in [3.05, 3.63) is 59.1 Å². The molecule has 0 bridgehead atoms. The van der Waals surface area contributed by atoms with E-state index < -0.39 is 18.7 Å². The Bertz CT molecular complexity index is 1160. The number of aliphatic hydroxyl groups excluding tert-OH is 2. The van der Waals surface area contributed by atoms with Crippen LogP contribution in [0.4, 0.5) is 16.4 Å². The van der Waals surface area contributed by atoms with Gasteiger partial charge in [0.1, 0.15) is 25.1 Å². The van der Waals surface area contributed by atoms with Gasteiger partial charge in [-0.2, -0.15) is 4.98 Å². The molecule has 3 aromatic rings. The first-order chi connectivity index (χ1) is 15.9. The average molecular weight is 471 g/mol. The van der Waals surface area contributed by atoms with Gasteiger partial charge in [-0.25, -0.2) is 9.78 Å². The number of aliphatic hydroxyl groups is 2. The zero-order valence-electron chi connectivity index (χ0n) is 17.9. The summed E-state index contributed by atoms with van der Waals surface area (Å²) in [5.41, 5.74) is 2.35. The summed E-state index contributed by atoms with van der Waals surface area (Å²) in [7, 11) is 0. The van der Waals surface area contributed by atoms with Crippen LogP contribution in [0.25, 0.3) is 11.3 Å². The molecule has 1 aliphatic heterocycles. The summed E-state index contributed by atoms with van der Waals surface area (Å²) >= 11 is 6.14. The Morgan fingerprint density at radius 2 is 2.09 bits per heavy atom. The van der Waals surface area contributed by atoms with Gasteiger partial charge in [-0.3, -0.25) is 10.2 Å². The van der Waals surface area contributed by atoms with Gasteiger partial charge < -0.3 is 19.7 Å². The van der Waals surface area contributed by atoms with E-state index in [1.165, 1.54) is 4.90 Å². The standard InChI is InChI=1S/C23H23ClN4O5/c1-14-10-18(15-4-2-5-16(24)11-15)25-22-21(14)32-9-8-28(22)23(31)27-19-6-3-7-20(26-19)33-13-17(30)12-29/h2-7,10-11,17,29-30H,8-9,12-13H2,1H3,(H,26,27,31). The molecule has 1 aliphatic rings. The van der Waals surface area contributed by atoms with Crippen LogP contribution in [0.15, 0.2) is 48.5 Å². The smallest absolute Gasteiger partial charge is 0.328 e. The molecule has 2 amide bonds. The number of nitrogens with zero attached hydrogens (tertiary/aromatic N) is 3. The third-order valence-corrected chi connectivity index (χ3v) is 5.15. The molecule has 3 N–H and O–H groups in total. The molecular weight excluding hydrogens is 448 g/mol. The van der Waals surface area contributed by atoms with Gasteiger partial charge in [0.15, 0.2) is 11.6 Å². The van der Waals surface area contributed by atoms with E-state index in [9.17, 15) is 9.90 Å². The van der Waals surface area contributed by atoms with E-state index in [0.29, 0.717) is 35.4 Å². The maximum atomic E-state index is 13.1. The topological polar surface area (TPSA) is 117 Å². The first kappa shape index (κ1) is 22.8. The summed E-state index contributed by atoms with van der Waals surface area (Å²) in [4.78, 5) is 23.5. The number of ether oxygens (including phenoxy) is 2. The fourth-order valence-corrected chi connectivity index (χ4v) is 3.51. The lowest BCUT2D eigenvalue weighted by Crippen LogP contribution is -2.41. The Hall–Kier alpha value is -3.40. The van der Waals surface area contributed by atoms with Crippen molar-refractivity contribution >= 4 is 29.3 Å². The second-order valence-corrected chi connectivity index (χ2v) is 7.86. The molecule has 9 nitrogen and oxygen atoms in total. The number of carbonyl (C=O) groups is 1. The summed E-state index contributed by atoms with van der Waals surface area (Å²) in [5, 5.41) is 21.7. The summed E-state index contributed by atoms with van der Waals surface area (Å²) in [6.45, 7) is 2.00. The van der Waals surface area contributed by atoms with E-state index in [4.69, 9.17) is 31.2 Å². The van der Waals surface area contributed by atoms with Gasteiger partial charge in [0.05, 0.1) is 18.8 Å². The minimum atomic E-state index is -1.02. The third kappa shape index (κ3) is 5.33. The molecule has 1 aromatic carbocycles. The van der Waals surface area contributed by atoms with E-state index in [-0.39, 0.29) is 18.3 Å². The fraction of sp³-hybridized carbons (Fsp3) is 0.261. The van der Waals surface area contributed by atoms with Crippen LogP contribution in [-0.4, -0.2) is 58.7 Å². The Morgan fingerprint density at radius 3 is 2.88 bits per heavy atom. The van der Waals surface area contributed by atoms with Crippen molar-refractivity contribution in [2.75, 3.05) is 36.6 Å². The molecule has 0 fully saturated rings. The summed E-state index contributed by atoms with van der Waals surface area (Å²) in [5.74, 6) is 1.43. The number of hydrogen-bond donors (Lipinski definition) is 3. The molecule has 3 heterocycles. The number of nitrogens with one attached hydrogen (secondary N) is 1. The van der Waals surface area contributed by atoms with Crippen molar-refractivity contribution in [3.8, 4) is 22.9 Å². The van der Waals surface area contributed by atoms with Gasteiger partial charge in [-0.1, -0.05) is 29.8 Å². The Labute approximate surface area is 195 Å². The molecule has 0 radical (unpaired) electrons. The van der Waals surface area contributed by atoms with Gasteiger partial charge in [-0.05, 0) is 36.8 Å². The number of carbonyl (C=O) groups excluding carboxylic acids is 1. The Kier molecular flexibility index (Phi) is 6.93. The second kappa shape index (κ2) is 10.0. The van der Waals surface area contributed by atoms with Crippen LogP contribution in [0.3, 0.4) is 0 Å². The first-order valence-electron chi connectivity index (χ1n) is 10.3. The van der Waals surface area contributed by atoms with Crippen LogP contribution in [0.2, 0.25) is 5.02 Å². The maximum absolute atomic E-state index is 13.1. The SMILES string of the molecule is Cc1cc(-c2cccc(Cl)c2)nc2c1OCCN2C(=O)Nc1cccc(OCC(O)CO)n1. The number of halogens is 1. The van der Waals surface area contributed by atoms with Crippen LogP contribution < -0.4 is 19.7 Å². The monoisotopic (exact) mass is 470 g/mol. The highest BCUT2D eigenvalue weighted by atomic mass is 35.5. The Morgan fingerprint density at radius 1 is 1.27 bits per heavy atom. The number of benzene rings is 1. The largest absolute Gasteiger partial charge is 0.488 e. The summed E-state index contributed by atoms with van der Waals surface area (Å²) in [6.07, 6.45) is -1.02. The van der Waals surface area contributed by atoms with E-state index in [1.54, 1.807) is 24.3 Å². The van der Waals surface area contributed by atoms with Crippen LogP contribution in [0.1, 0.15) is 5.56 Å². The van der Waals surface area contributed by atoms with Crippen molar-refractivity contribution in [1.29, 1.82) is 0 Å². The maximum Gasteiger partial charge on any atom is 0.328 e. The number of pyridine rings is 2. The number of rotatable bonds is 6. The lowest BCUT2D eigenvalue weighted by Gasteiger charge is -2.29. The molecule has 10 heteroatoms. The molecule has 0 spiro atoms. The summed E-state index contributed by atoms with van der Waals surface area (Å²) < 4.78 is 11.1. The molecule has 172 valence electrons. The van der Waals surface area contributed by atoms with Crippen LogP contribution in [-0.2, 0) is 0 Å². The summed E-state index contributed by atoms with van der Waals surface area (Å²) in [6, 6.07) is 13.7. The number of aromatic nitrogens is 2. The van der Waals surface area contributed by atoms with Crippen molar-refractivity contribution in [1.82, 2.24) is 9.97 Å². The lowest BCUT2D eigenvalue weighted by molar-refractivity contribution is 0.0521. The molecule has 2 aromatic heterocycles. The van der Waals surface area contributed by atoms with Gasteiger partial charge in [0.25, 0.3) is 0 Å². The minimum absolute atomic E-state index is 0.118. The van der Waals surface area contributed by atoms with E-state index in [2.05, 4.69) is 10.3 Å². The number of urea groups is 1. The van der Waals surface area contributed by atoms with E-state index >= 15 is 0 Å². The van der Waals surface area contributed by atoms with Crippen molar-refractivity contribution in [2.24, 2.45) is 0 Å². The van der Waals surface area contributed by atoms with Gasteiger partial charge in [0, 0.05) is 16.7 Å². The molecule has 0 saturated carbocycles. The number of aryl methyl sites for hydroxylation is 1. The average Bonchev–Trinajstić information content (AvgIpc) is 2.82. The highest BCUT2D eigenvalue weighted by Gasteiger charge is 2.28. The van der Waals surface area contributed by atoms with E-state index in [1.807, 2.05) is 31.2 Å². The first-order valence-corrected chi connectivity index (χ1v) is 10.7. The second-order valence-electron chi connectivity index (χ2n) is 7.43. The van der Waals surface area contributed by atoms with Gasteiger partial charge >= 0.3 is 6.03 Å². The number of fused-ring (bicyclic) bond motifs is 1. The zero-order valence-corrected chi connectivity index (χ0v) is 18.6. The molecule has 1 unspecified atom stereocenters. The van der Waals surface area contributed by atoms with Gasteiger partial charge in [0.2, 0.25) is 5.88 Å². The highest BCUT2D eigenvalue weighted by molar-refractivity contribution is 6.30. The molecule has 0 aliphatic carbocycles. The minimum Gasteiger partial charge on any atom is -0.488 e. The van der Waals surface area contributed by atoms with E-state index in [0.717, 1.165) is 11.1 Å². The number of amides is 2. The molecule has 0 saturated heterocycles. The quantitative estimate of drug-likeness (QED) is 0.506. The number of hydrogen-bond acceptors (Lipinski definition) is 7. The molecule has 1 atom stereocenters. The zero-order chi connectivity index (χ0) is 23.4. The predicted molar refractivity (Wildman–Crippen MR) is 124 cm³/mol. The predicted octanol–water partition coefficient (Wildman–Crippen LogP) is 3.27. The van der Waals surface area contributed by atoms with Crippen molar-refractivity contribution in [2.45, 2.75) is 13.0 Å². The third-order valence-electron chi connectivity index (χ3n) is 4.92. The molecule has 33 heavy (non-hydrogen) atoms. The van der Waals surface area contributed by atoms with Crippen LogP contribution >= 0.6 is 11.6 Å². The Balaban J connectivity index is 1.57. The highest BCUT2D eigenvalue weighted by Crippen LogP contribution is 2.36. The van der Waals surface area contributed by atoms with Crippen LogP contribution in [0.5, 0.6) is 11.6 Å². The van der Waals surface area contributed by atoms with Crippen molar-refractivity contribution < 1.29 is 24.5 Å². The number of anilines is 2. The fourth-order valence-electron chi connectivity index (χ4n) is 3.32. The van der Waals surface area contributed by atoms with Crippen LogP contribution in [0, 0.1) is 6.92 Å². The normalized spacial score (nSPS) is 13.6. The molecular formula is C23H23ClN4O5. The van der Waals surface area contributed by atoms with Gasteiger partial charge in [-0.15, -0.1) is 0 Å². The molecule has 4 rings (SSSR count). The lowest BCUT2D eigenvalue weighted by atomic mass is 10.1. The van der Waals surface area contributed by atoms with Crippen molar-refractivity contribution in [3.63, 3.8) is 0 Å².